The third kappa shape index (κ3) is 0.891. The summed E-state index contributed by atoms with van der Waals surface area (Å²) >= 11 is 0. The van der Waals surface area contributed by atoms with E-state index in [-0.39, 0.29) is 11.1 Å². The number of rotatable bonds is 0. The molecule has 13 heavy (non-hydrogen) atoms. The number of hydrogen-bond acceptors (Lipinski definition) is 3. The Morgan fingerprint density at radius 1 is 1.38 bits per heavy atom. The number of anilines is 1. The van der Waals surface area contributed by atoms with E-state index >= 15 is 0 Å². The van der Waals surface area contributed by atoms with Crippen molar-refractivity contribution in [3.63, 3.8) is 0 Å². The van der Waals surface area contributed by atoms with Crippen molar-refractivity contribution in [1.29, 1.82) is 5.26 Å². The molecule has 0 saturated heterocycles. The maximum absolute atomic E-state index is 11.5. The van der Waals surface area contributed by atoms with E-state index < -0.39 is 0 Å². The van der Waals surface area contributed by atoms with Crippen LogP contribution in [-0.2, 0) is 0 Å². The van der Waals surface area contributed by atoms with Crippen molar-refractivity contribution in [2.24, 2.45) is 0 Å². The van der Waals surface area contributed by atoms with Crippen LogP contribution < -0.4 is 11.2 Å². The molecule has 4 N–H and O–H groups in total. The van der Waals surface area contributed by atoms with Crippen LogP contribution in [0.2, 0.25) is 0 Å². The van der Waals surface area contributed by atoms with Gasteiger partial charge >= 0.3 is 0 Å². The van der Waals surface area contributed by atoms with Crippen LogP contribution in [0.25, 0.3) is 11.0 Å². The summed E-state index contributed by atoms with van der Waals surface area (Å²) in [5.41, 5.74) is 6.04. The molecule has 0 aliphatic heterocycles. The lowest BCUT2D eigenvalue weighted by Gasteiger charge is -1.92. The highest BCUT2D eigenvalue weighted by Gasteiger charge is 2.08. The number of pyridine rings is 1. The zero-order chi connectivity index (χ0) is 9.42. The first kappa shape index (κ1) is 7.43. The highest BCUT2D eigenvalue weighted by atomic mass is 16.1. The summed E-state index contributed by atoms with van der Waals surface area (Å²) in [7, 11) is 0. The molecule has 2 aromatic heterocycles. The number of aromatic nitrogens is 2. The Morgan fingerprint density at radius 2 is 2.08 bits per heavy atom. The Kier molecular flexibility index (Phi) is 1.36. The molecule has 0 bridgehead atoms. The standard InChI is InChI=1S/C8H6N4O/c9-1-4-2-11-8-6(4)7(13)5(10)3-12-8/h2-3H,10H2,(H2,11,12,13). The molecule has 0 spiro atoms. The Balaban J connectivity index is 3.05. The molecule has 0 aromatic carbocycles. The van der Waals surface area contributed by atoms with Crippen LogP contribution in [0.5, 0.6) is 0 Å². The zero-order valence-corrected chi connectivity index (χ0v) is 6.59. The topological polar surface area (TPSA) is 98.5 Å². The molecule has 0 radical (unpaired) electrons. The molecule has 2 heterocycles. The van der Waals surface area contributed by atoms with E-state index in [4.69, 9.17) is 11.0 Å². The van der Waals surface area contributed by atoms with E-state index in [1.165, 1.54) is 12.4 Å². The molecule has 0 unspecified atom stereocenters. The fraction of sp³-hybridized carbons (Fsp3) is 0. The first-order chi connectivity index (χ1) is 6.24. The van der Waals surface area contributed by atoms with Crippen molar-refractivity contribution in [1.82, 2.24) is 9.97 Å². The van der Waals surface area contributed by atoms with Gasteiger partial charge in [-0.25, -0.2) is 0 Å². The number of nitrogens with one attached hydrogen (secondary N) is 2. The lowest BCUT2D eigenvalue weighted by atomic mass is 10.2. The smallest absolute Gasteiger partial charge is 0.215 e. The summed E-state index contributed by atoms with van der Waals surface area (Å²) in [6.07, 6.45) is 2.88. The predicted octanol–water partition coefficient (Wildman–Crippen LogP) is 0.310. The molecule has 0 saturated carbocycles. The van der Waals surface area contributed by atoms with Gasteiger partial charge in [-0.15, -0.1) is 0 Å². The molecular formula is C8H6N4O. The maximum atomic E-state index is 11.5. The third-order valence-corrected chi connectivity index (χ3v) is 1.86. The van der Waals surface area contributed by atoms with Gasteiger partial charge in [0.1, 0.15) is 11.7 Å². The minimum Gasteiger partial charge on any atom is -0.394 e. The molecule has 0 aliphatic rings. The van der Waals surface area contributed by atoms with Gasteiger partial charge in [-0.1, -0.05) is 0 Å². The minimum atomic E-state index is -0.313. The number of H-pyrrole nitrogens is 2. The van der Waals surface area contributed by atoms with Crippen LogP contribution in [0.1, 0.15) is 5.56 Å². The van der Waals surface area contributed by atoms with Crippen LogP contribution in [0.3, 0.4) is 0 Å². The number of nitrogens with zero attached hydrogens (tertiary/aromatic N) is 1. The predicted molar refractivity (Wildman–Crippen MR) is 48.0 cm³/mol. The lowest BCUT2D eigenvalue weighted by molar-refractivity contribution is 1.32. The Bertz CT molecular complexity index is 558. The number of fused-ring (bicyclic) bond motifs is 1. The summed E-state index contributed by atoms with van der Waals surface area (Å²) in [5, 5.41) is 9.00. The number of hydrogen-bond donors (Lipinski definition) is 3. The van der Waals surface area contributed by atoms with Gasteiger partial charge in [0.2, 0.25) is 5.43 Å². The molecule has 0 aliphatic carbocycles. The molecular weight excluding hydrogens is 168 g/mol. The molecule has 2 aromatic rings. The van der Waals surface area contributed by atoms with Gasteiger partial charge in [-0.2, -0.15) is 5.26 Å². The number of aromatic amines is 2. The molecule has 2 rings (SSSR count). The second-order valence-corrected chi connectivity index (χ2v) is 2.64. The largest absolute Gasteiger partial charge is 0.394 e. The van der Waals surface area contributed by atoms with Gasteiger partial charge in [0.15, 0.2) is 0 Å². The SMILES string of the molecule is N#Cc1c[nH]c2[nH]cc(N)c(=O)c12. The van der Waals surface area contributed by atoms with Crippen molar-refractivity contribution in [2.45, 2.75) is 0 Å². The van der Waals surface area contributed by atoms with Crippen LogP contribution in [0.4, 0.5) is 5.69 Å². The summed E-state index contributed by atoms with van der Waals surface area (Å²) in [5.74, 6) is 0. The highest BCUT2D eigenvalue weighted by Crippen LogP contribution is 2.11. The first-order valence-electron chi connectivity index (χ1n) is 3.62. The Morgan fingerprint density at radius 3 is 2.77 bits per heavy atom. The van der Waals surface area contributed by atoms with Gasteiger partial charge in [-0.3, -0.25) is 4.79 Å². The summed E-state index contributed by atoms with van der Waals surface area (Å²) < 4.78 is 0. The van der Waals surface area contributed by atoms with Crippen molar-refractivity contribution >= 4 is 16.7 Å². The second kappa shape index (κ2) is 2.38. The average Bonchev–Trinajstić information content (AvgIpc) is 2.55. The molecule has 0 amide bonds. The van der Waals surface area contributed by atoms with Crippen molar-refractivity contribution < 1.29 is 0 Å². The quantitative estimate of drug-likeness (QED) is 0.536. The third-order valence-electron chi connectivity index (χ3n) is 1.86. The molecule has 0 atom stereocenters. The molecule has 5 nitrogen and oxygen atoms in total. The van der Waals surface area contributed by atoms with Crippen molar-refractivity contribution in [3.05, 3.63) is 28.2 Å². The van der Waals surface area contributed by atoms with E-state index in [9.17, 15) is 4.79 Å². The Labute approximate surface area is 72.8 Å². The fourth-order valence-corrected chi connectivity index (χ4v) is 1.22. The van der Waals surface area contributed by atoms with E-state index in [0.29, 0.717) is 16.6 Å². The highest BCUT2D eigenvalue weighted by molar-refractivity contribution is 5.84. The first-order valence-corrected chi connectivity index (χ1v) is 3.62. The van der Waals surface area contributed by atoms with Crippen LogP contribution in [0, 0.1) is 11.3 Å². The summed E-state index contributed by atoms with van der Waals surface area (Å²) in [6, 6.07) is 1.91. The maximum Gasteiger partial charge on any atom is 0.215 e. The Hall–Kier alpha value is -2.22. The van der Waals surface area contributed by atoms with E-state index in [0.717, 1.165) is 0 Å². The average molecular weight is 174 g/mol. The van der Waals surface area contributed by atoms with Gasteiger partial charge in [-0.05, 0) is 0 Å². The van der Waals surface area contributed by atoms with Gasteiger partial charge < -0.3 is 15.7 Å². The van der Waals surface area contributed by atoms with Crippen molar-refractivity contribution in [2.75, 3.05) is 5.73 Å². The number of nitrogens with two attached hydrogens (primary N) is 1. The minimum absolute atomic E-state index is 0.114. The van der Waals surface area contributed by atoms with E-state index in [2.05, 4.69) is 9.97 Å². The van der Waals surface area contributed by atoms with Crippen LogP contribution in [-0.4, -0.2) is 9.97 Å². The van der Waals surface area contributed by atoms with E-state index in [1.54, 1.807) is 0 Å². The van der Waals surface area contributed by atoms with Crippen molar-refractivity contribution in [3.8, 4) is 6.07 Å². The monoisotopic (exact) mass is 174 g/mol. The number of nitrogen functional groups attached to an aromatic ring is 1. The molecule has 64 valence electrons. The van der Waals surface area contributed by atoms with Gasteiger partial charge in [0.25, 0.3) is 0 Å². The summed E-state index contributed by atoms with van der Waals surface area (Å²) in [6.45, 7) is 0. The lowest BCUT2D eigenvalue weighted by Crippen LogP contribution is -2.08. The van der Waals surface area contributed by atoms with Gasteiger partial charge in [0.05, 0.1) is 16.6 Å². The second-order valence-electron chi connectivity index (χ2n) is 2.64. The van der Waals surface area contributed by atoms with Crippen LogP contribution in [0.15, 0.2) is 17.2 Å². The zero-order valence-electron chi connectivity index (χ0n) is 6.59. The molecule has 5 heteroatoms. The van der Waals surface area contributed by atoms with Crippen LogP contribution >= 0.6 is 0 Å². The fourth-order valence-electron chi connectivity index (χ4n) is 1.22. The summed E-state index contributed by atoms with van der Waals surface area (Å²) in [4.78, 5) is 17.0. The molecule has 0 fully saturated rings. The van der Waals surface area contributed by atoms with Gasteiger partial charge in [0, 0.05) is 12.4 Å². The number of nitriles is 1. The van der Waals surface area contributed by atoms with E-state index in [1.807, 2.05) is 6.07 Å². The normalized spacial score (nSPS) is 10.1.